The van der Waals surface area contributed by atoms with E-state index in [2.05, 4.69) is 132 Å². The van der Waals surface area contributed by atoms with Gasteiger partial charge in [0.1, 0.15) is 5.58 Å². The third-order valence-electron chi connectivity index (χ3n) is 9.87. The van der Waals surface area contributed by atoms with Gasteiger partial charge in [0.15, 0.2) is 23.1 Å². The number of fused-ring (bicyclic) bond motifs is 10. The summed E-state index contributed by atoms with van der Waals surface area (Å²) in [6.45, 7) is 0. The maximum Gasteiger partial charge on any atom is 0.167 e. The van der Waals surface area contributed by atoms with Crippen molar-refractivity contribution in [3.05, 3.63) is 158 Å². The van der Waals surface area contributed by atoms with E-state index in [0.29, 0.717) is 17.5 Å². The Morgan fingerprint density at radius 3 is 1.90 bits per heavy atom. The molecule has 0 aliphatic heterocycles. The Morgan fingerprint density at radius 1 is 0.431 bits per heavy atom. The van der Waals surface area contributed by atoms with E-state index in [0.717, 1.165) is 66.1 Å². The second-order valence-corrected chi connectivity index (χ2v) is 13.8. The lowest BCUT2D eigenvalue weighted by Gasteiger charge is -2.10. The Balaban J connectivity index is 1.21. The van der Waals surface area contributed by atoms with Crippen LogP contribution < -0.4 is 0 Å². The highest BCUT2D eigenvalue weighted by atomic mass is 32.1. The van der Waals surface area contributed by atoms with Crippen molar-refractivity contribution in [2.24, 2.45) is 0 Å². The lowest BCUT2D eigenvalue weighted by atomic mass is 10.0. The molecule has 0 saturated carbocycles. The Labute approximate surface area is 295 Å². The van der Waals surface area contributed by atoms with Gasteiger partial charge in [-0.05, 0) is 42.5 Å². The minimum absolute atomic E-state index is 0.569. The SMILES string of the molecule is c1ccc(-c2nc(-c3cccc4c3oc3c4ccc4c5ccccc5n(-c5ccccc5)c43)nc(-c3cccc4sc5ccccc5c34)n2)cc1. The van der Waals surface area contributed by atoms with Crippen molar-refractivity contribution in [2.75, 3.05) is 0 Å². The zero-order valence-corrected chi connectivity index (χ0v) is 27.9. The van der Waals surface area contributed by atoms with Crippen LogP contribution in [0.1, 0.15) is 0 Å². The topological polar surface area (TPSA) is 56.7 Å². The summed E-state index contributed by atoms with van der Waals surface area (Å²) in [6, 6.07) is 54.8. The second kappa shape index (κ2) is 10.9. The molecule has 0 fully saturated rings. The molecule has 5 nitrogen and oxygen atoms in total. The van der Waals surface area contributed by atoms with Crippen molar-refractivity contribution in [1.82, 2.24) is 19.5 Å². The molecule has 0 aliphatic rings. The van der Waals surface area contributed by atoms with E-state index in [9.17, 15) is 0 Å². The van der Waals surface area contributed by atoms with Gasteiger partial charge in [0.05, 0.1) is 16.6 Å². The summed E-state index contributed by atoms with van der Waals surface area (Å²) in [7, 11) is 0. The molecule has 0 unspecified atom stereocenters. The fourth-order valence-electron chi connectivity index (χ4n) is 7.62. The Hall–Kier alpha value is -6.63. The number of thiophene rings is 1. The van der Waals surface area contributed by atoms with Crippen molar-refractivity contribution < 1.29 is 4.42 Å². The predicted molar refractivity (Wildman–Crippen MR) is 211 cm³/mol. The number of nitrogens with zero attached hydrogens (tertiary/aromatic N) is 4. The molecule has 0 bridgehead atoms. The lowest BCUT2D eigenvalue weighted by Crippen LogP contribution is -2.00. The van der Waals surface area contributed by atoms with Crippen LogP contribution in [0.5, 0.6) is 0 Å². The van der Waals surface area contributed by atoms with Crippen molar-refractivity contribution in [3.8, 4) is 39.9 Å². The quantitative estimate of drug-likeness (QED) is 0.187. The number of hydrogen-bond donors (Lipinski definition) is 0. The molecule has 0 saturated heterocycles. The molecule has 11 rings (SSSR count). The van der Waals surface area contributed by atoms with E-state index in [1.165, 1.54) is 20.2 Å². The molecular weight excluding hydrogens is 645 g/mol. The van der Waals surface area contributed by atoms with Gasteiger partial charge >= 0.3 is 0 Å². The molecule has 238 valence electrons. The molecule has 0 aliphatic carbocycles. The van der Waals surface area contributed by atoms with Gasteiger partial charge in [-0.3, -0.25) is 0 Å². The maximum absolute atomic E-state index is 7.03. The van der Waals surface area contributed by atoms with Crippen LogP contribution in [0.2, 0.25) is 0 Å². The number of para-hydroxylation sites is 3. The number of hydrogen-bond acceptors (Lipinski definition) is 5. The normalized spacial score (nSPS) is 11.9. The van der Waals surface area contributed by atoms with E-state index in [-0.39, 0.29) is 0 Å². The maximum atomic E-state index is 7.03. The molecule has 51 heavy (non-hydrogen) atoms. The van der Waals surface area contributed by atoms with Gasteiger partial charge in [0.25, 0.3) is 0 Å². The zero-order chi connectivity index (χ0) is 33.5. The highest BCUT2D eigenvalue weighted by Crippen LogP contribution is 2.43. The van der Waals surface area contributed by atoms with Crippen LogP contribution in [0.3, 0.4) is 0 Å². The average molecular weight is 671 g/mol. The summed E-state index contributed by atoms with van der Waals surface area (Å²) < 4.78 is 11.8. The minimum Gasteiger partial charge on any atom is -0.453 e. The first-order valence-corrected chi connectivity index (χ1v) is 17.8. The van der Waals surface area contributed by atoms with Crippen LogP contribution in [0.25, 0.3) is 104 Å². The van der Waals surface area contributed by atoms with E-state index in [4.69, 9.17) is 19.4 Å². The summed E-state index contributed by atoms with van der Waals surface area (Å²) in [5, 5.41) is 6.76. The van der Waals surface area contributed by atoms with Crippen LogP contribution in [0.15, 0.2) is 162 Å². The van der Waals surface area contributed by atoms with Gasteiger partial charge in [-0.1, -0.05) is 115 Å². The third-order valence-corrected chi connectivity index (χ3v) is 11.0. The number of rotatable bonds is 4. The monoisotopic (exact) mass is 670 g/mol. The molecule has 0 amide bonds. The van der Waals surface area contributed by atoms with Crippen LogP contribution >= 0.6 is 11.3 Å². The average Bonchev–Trinajstić information content (AvgIpc) is 3.88. The molecule has 6 heteroatoms. The Morgan fingerprint density at radius 2 is 1.04 bits per heavy atom. The molecule has 0 N–H and O–H groups in total. The zero-order valence-electron chi connectivity index (χ0n) is 27.1. The van der Waals surface area contributed by atoms with Gasteiger partial charge in [-0.25, -0.2) is 15.0 Å². The van der Waals surface area contributed by atoms with Crippen LogP contribution in [0, 0.1) is 0 Å². The van der Waals surface area contributed by atoms with E-state index in [1.54, 1.807) is 11.3 Å². The highest BCUT2D eigenvalue weighted by molar-refractivity contribution is 7.25. The number of benzene rings is 7. The third kappa shape index (κ3) is 4.24. The van der Waals surface area contributed by atoms with Gasteiger partial charge in [-0.2, -0.15) is 0 Å². The molecule has 4 aromatic heterocycles. The van der Waals surface area contributed by atoms with Gasteiger partial charge in [-0.15, -0.1) is 11.3 Å². The Kier molecular flexibility index (Phi) is 6.05. The molecule has 11 aromatic rings. The first kappa shape index (κ1) is 28.2. The summed E-state index contributed by atoms with van der Waals surface area (Å²) in [5.74, 6) is 1.82. The standard InChI is InChI=1S/C45H26N4OS/c1-3-13-27(14-4-1)43-46-44(34-20-12-24-38-39(34)33-18-8-10-23-37(33)51-38)48-45(47-43)35-21-11-19-31-32-26-25-30-29-17-7-9-22-36(29)49(28-15-5-2-6-16-28)40(30)42(32)50-41(31)35/h1-26H. The van der Waals surface area contributed by atoms with E-state index >= 15 is 0 Å². The predicted octanol–water partition coefficient (Wildman–Crippen LogP) is 12.2. The number of furan rings is 1. The van der Waals surface area contributed by atoms with E-state index in [1.807, 2.05) is 30.3 Å². The summed E-state index contributed by atoms with van der Waals surface area (Å²) in [6.07, 6.45) is 0. The van der Waals surface area contributed by atoms with Gasteiger partial charge < -0.3 is 8.98 Å². The van der Waals surface area contributed by atoms with Crippen LogP contribution in [-0.4, -0.2) is 19.5 Å². The second-order valence-electron chi connectivity index (χ2n) is 12.8. The molecule has 0 spiro atoms. The van der Waals surface area contributed by atoms with E-state index < -0.39 is 0 Å². The fraction of sp³-hybridized carbons (Fsp3) is 0. The first-order chi connectivity index (χ1) is 25.3. The van der Waals surface area contributed by atoms with Crippen molar-refractivity contribution >= 4 is 75.3 Å². The van der Waals surface area contributed by atoms with Crippen LogP contribution in [0.4, 0.5) is 0 Å². The van der Waals surface area contributed by atoms with Gasteiger partial charge in [0, 0.05) is 58.5 Å². The summed E-state index contributed by atoms with van der Waals surface area (Å²) >= 11 is 1.79. The Bertz CT molecular complexity index is 3140. The molecule has 4 heterocycles. The number of aromatic nitrogens is 4. The largest absolute Gasteiger partial charge is 0.453 e. The smallest absolute Gasteiger partial charge is 0.167 e. The van der Waals surface area contributed by atoms with Crippen molar-refractivity contribution in [2.45, 2.75) is 0 Å². The molecule has 7 aromatic carbocycles. The van der Waals surface area contributed by atoms with Crippen molar-refractivity contribution in [3.63, 3.8) is 0 Å². The molecular formula is C45H26N4OS. The lowest BCUT2D eigenvalue weighted by molar-refractivity contribution is 0.671. The highest BCUT2D eigenvalue weighted by Gasteiger charge is 2.22. The van der Waals surface area contributed by atoms with Crippen LogP contribution in [-0.2, 0) is 0 Å². The summed E-state index contributed by atoms with van der Waals surface area (Å²) in [4.78, 5) is 15.5. The molecule has 0 radical (unpaired) electrons. The first-order valence-electron chi connectivity index (χ1n) is 17.0. The van der Waals surface area contributed by atoms with Crippen molar-refractivity contribution in [1.29, 1.82) is 0 Å². The fourth-order valence-corrected chi connectivity index (χ4v) is 8.75. The minimum atomic E-state index is 0.569. The molecule has 0 atom stereocenters. The summed E-state index contributed by atoms with van der Waals surface area (Å²) in [5.41, 5.74) is 7.58. The van der Waals surface area contributed by atoms with Gasteiger partial charge in [0.2, 0.25) is 0 Å².